The molecule has 44 heavy (non-hydrogen) atoms. The number of fused-ring (bicyclic) bond motifs is 2. The molecule has 2 heterocycles. The highest BCUT2D eigenvalue weighted by molar-refractivity contribution is 5.92. The van der Waals surface area contributed by atoms with E-state index >= 15 is 0 Å². The van der Waals surface area contributed by atoms with Gasteiger partial charge in [-0.25, -0.2) is 4.98 Å². The third-order valence-electron chi connectivity index (χ3n) is 6.60. The van der Waals surface area contributed by atoms with E-state index in [-0.39, 0.29) is 22.9 Å². The molecule has 0 fully saturated rings. The number of methoxy groups -OCH3 is 1. The van der Waals surface area contributed by atoms with Crippen LogP contribution in [0.2, 0.25) is 0 Å². The van der Waals surface area contributed by atoms with Crippen LogP contribution in [0.1, 0.15) is 5.56 Å². The number of nitro groups is 1. The fraction of sp³-hybridized carbons (Fsp3) is 0.0625. The van der Waals surface area contributed by atoms with Gasteiger partial charge in [0.15, 0.2) is 18.1 Å². The molecule has 0 radical (unpaired) electrons. The molecule has 1 amide bonds. The van der Waals surface area contributed by atoms with E-state index in [0.717, 1.165) is 10.1 Å². The third-order valence-corrected chi connectivity index (χ3v) is 6.60. The molecular weight excluding hydrogens is 566 g/mol. The standard InChI is InChI=1S/C32H23N5O7/c1-42-27-16-20(15-25(37(40)41)30(27)43-19-29(38)34-22-10-3-2-4-11-22)18-33-36-31(28-17-21-9-5-8-14-26(21)44-28)35-24-13-7-6-12-23(24)32(36)39/h2-18H,19H2,1H3,(H,34,38). The molecule has 6 rings (SSSR count). The number of nitro benzene ring substituents is 1. The first-order chi connectivity index (χ1) is 21.4. The predicted molar refractivity (Wildman–Crippen MR) is 164 cm³/mol. The van der Waals surface area contributed by atoms with E-state index < -0.39 is 28.7 Å². The van der Waals surface area contributed by atoms with Gasteiger partial charge in [0, 0.05) is 22.7 Å². The number of ether oxygens (including phenoxy) is 2. The van der Waals surface area contributed by atoms with Crippen molar-refractivity contribution in [3.05, 3.63) is 123 Å². The molecule has 218 valence electrons. The number of aromatic nitrogens is 2. The van der Waals surface area contributed by atoms with Crippen molar-refractivity contribution in [2.24, 2.45) is 5.10 Å². The van der Waals surface area contributed by atoms with E-state index in [1.165, 1.54) is 25.5 Å². The SMILES string of the molecule is COc1cc(C=Nn2c(-c3cc4ccccc4o3)nc3ccccc3c2=O)cc([N+](=O)[O-])c1OCC(=O)Nc1ccccc1. The molecule has 4 aromatic carbocycles. The molecule has 6 aromatic rings. The number of amides is 1. The monoisotopic (exact) mass is 589 g/mol. The predicted octanol–water partition coefficient (Wildman–Crippen LogP) is 5.63. The van der Waals surface area contributed by atoms with E-state index in [2.05, 4.69) is 15.4 Å². The van der Waals surface area contributed by atoms with Crippen molar-refractivity contribution >= 4 is 45.4 Å². The molecule has 0 saturated carbocycles. The summed E-state index contributed by atoms with van der Waals surface area (Å²) in [6.45, 7) is -0.501. The Labute approximate surface area is 248 Å². The zero-order valence-electron chi connectivity index (χ0n) is 23.2. The Hall–Kier alpha value is -6.30. The van der Waals surface area contributed by atoms with Crippen molar-refractivity contribution in [2.75, 3.05) is 19.0 Å². The first-order valence-electron chi connectivity index (χ1n) is 13.3. The molecule has 2 aromatic heterocycles. The van der Waals surface area contributed by atoms with Crippen LogP contribution >= 0.6 is 0 Å². The maximum Gasteiger partial charge on any atom is 0.315 e. The summed E-state index contributed by atoms with van der Waals surface area (Å²) in [4.78, 5) is 42.0. The quantitative estimate of drug-likeness (QED) is 0.130. The Morgan fingerprint density at radius 1 is 1.05 bits per heavy atom. The van der Waals surface area contributed by atoms with Gasteiger partial charge in [-0.05, 0) is 42.5 Å². The summed E-state index contributed by atoms with van der Waals surface area (Å²) in [6.07, 6.45) is 1.27. The molecule has 0 saturated heterocycles. The Bertz CT molecular complexity index is 2090. The van der Waals surface area contributed by atoms with Crippen LogP contribution < -0.4 is 20.3 Å². The van der Waals surface area contributed by atoms with Crippen molar-refractivity contribution in [1.82, 2.24) is 9.66 Å². The fourth-order valence-corrected chi connectivity index (χ4v) is 4.58. The number of anilines is 1. The van der Waals surface area contributed by atoms with Crippen molar-refractivity contribution in [3.63, 3.8) is 0 Å². The van der Waals surface area contributed by atoms with Crippen molar-refractivity contribution in [1.29, 1.82) is 0 Å². The van der Waals surface area contributed by atoms with Gasteiger partial charge >= 0.3 is 5.69 Å². The van der Waals surface area contributed by atoms with Gasteiger partial charge in [-0.1, -0.05) is 48.5 Å². The molecule has 0 aliphatic heterocycles. The largest absolute Gasteiger partial charge is 0.493 e. The summed E-state index contributed by atoms with van der Waals surface area (Å²) >= 11 is 0. The minimum atomic E-state index is -0.659. The summed E-state index contributed by atoms with van der Waals surface area (Å²) in [7, 11) is 1.31. The Kier molecular flexibility index (Phi) is 7.53. The molecule has 0 atom stereocenters. The van der Waals surface area contributed by atoms with Gasteiger partial charge in [-0.2, -0.15) is 9.78 Å². The second-order valence-electron chi connectivity index (χ2n) is 9.49. The highest BCUT2D eigenvalue weighted by atomic mass is 16.6. The number of hydrogen-bond donors (Lipinski definition) is 1. The minimum Gasteiger partial charge on any atom is -0.493 e. The van der Waals surface area contributed by atoms with Gasteiger partial charge in [0.2, 0.25) is 11.6 Å². The van der Waals surface area contributed by atoms with Gasteiger partial charge in [-0.15, -0.1) is 0 Å². The second kappa shape index (κ2) is 11.9. The van der Waals surface area contributed by atoms with Crippen molar-refractivity contribution < 1.29 is 23.6 Å². The topological polar surface area (TPSA) is 151 Å². The summed E-state index contributed by atoms with van der Waals surface area (Å²) < 4.78 is 18.0. The van der Waals surface area contributed by atoms with Gasteiger partial charge < -0.3 is 19.2 Å². The molecule has 0 unspecified atom stereocenters. The number of benzene rings is 4. The zero-order valence-corrected chi connectivity index (χ0v) is 23.2. The van der Waals surface area contributed by atoms with Crippen LogP contribution in [0.5, 0.6) is 11.5 Å². The fourth-order valence-electron chi connectivity index (χ4n) is 4.58. The summed E-state index contributed by atoms with van der Waals surface area (Å²) in [5.74, 6) is -0.293. The van der Waals surface area contributed by atoms with E-state index in [1.807, 2.05) is 18.2 Å². The zero-order chi connectivity index (χ0) is 30.6. The van der Waals surface area contributed by atoms with E-state index in [0.29, 0.717) is 27.9 Å². The number of para-hydroxylation sites is 3. The number of rotatable bonds is 9. The molecule has 0 spiro atoms. The maximum absolute atomic E-state index is 13.6. The lowest BCUT2D eigenvalue weighted by Gasteiger charge is -2.12. The van der Waals surface area contributed by atoms with Crippen molar-refractivity contribution in [3.8, 4) is 23.1 Å². The van der Waals surface area contributed by atoms with Crippen LogP contribution in [-0.4, -0.2) is 40.4 Å². The first kappa shape index (κ1) is 27.8. The van der Waals surface area contributed by atoms with Crippen LogP contribution in [-0.2, 0) is 4.79 Å². The number of furan rings is 1. The van der Waals surface area contributed by atoms with Crippen LogP contribution in [0.3, 0.4) is 0 Å². The molecule has 12 nitrogen and oxygen atoms in total. The number of hydrogen-bond acceptors (Lipinski definition) is 9. The Morgan fingerprint density at radius 2 is 1.80 bits per heavy atom. The third kappa shape index (κ3) is 5.59. The number of carbonyl (C=O) groups excluding carboxylic acids is 1. The summed E-state index contributed by atoms with van der Waals surface area (Å²) in [6, 6.07) is 27.3. The number of carbonyl (C=O) groups is 1. The molecule has 12 heteroatoms. The summed E-state index contributed by atoms with van der Waals surface area (Å²) in [5, 5.41) is 20.2. The van der Waals surface area contributed by atoms with Crippen LogP contribution in [0, 0.1) is 10.1 Å². The average Bonchev–Trinajstić information content (AvgIpc) is 3.48. The van der Waals surface area contributed by atoms with Gasteiger partial charge in [-0.3, -0.25) is 19.7 Å². The van der Waals surface area contributed by atoms with Gasteiger partial charge in [0.1, 0.15) is 5.58 Å². The second-order valence-corrected chi connectivity index (χ2v) is 9.49. The molecular formula is C32H23N5O7. The normalized spacial score (nSPS) is 11.2. The van der Waals surface area contributed by atoms with Crippen LogP contribution in [0.15, 0.2) is 111 Å². The van der Waals surface area contributed by atoms with E-state index in [1.54, 1.807) is 66.7 Å². The maximum atomic E-state index is 13.6. The lowest BCUT2D eigenvalue weighted by atomic mass is 10.2. The van der Waals surface area contributed by atoms with Crippen molar-refractivity contribution in [2.45, 2.75) is 0 Å². The van der Waals surface area contributed by atoms with Crippen LogP contribution in [0.4, 0.5) is 11.4 Å². The summed E-state index contributed by atoms with van der Waals surface area (Å²) in [5.41, 5.74) is 0.913. The van der Waals surface area contributed by atoms with E-state index in [9.17, 15) is 19.7 Å². The van der Waals surface area contributed by atoms with E-state index in [4.69, 9.17) is 13.9 Å². The highest BCUT2D eigenvalue weighted by Crippen LogP contribution is 2.38. The first-order valence-corrected chi connectivity index (χ1v) is 13.3. The highest BCUT2D eigenvalue weighted by Gasteiger charge is 2.23. The Morgan fingerprint density at radius 3 is 2.57 bits per heavy atom. The van der Waals surface area contributed by atoms with Gasteiger partial charge in [0.05, 0.1) is 29.2 Å². The molecule has 1 N–H and O–H groups in total. The lowest BCUT2D eigenvalue weighted by molar-refractivity contribution is -0.385. The molecule has 0 aliphatic rings. The van der Waals surface area contributed by atoms with Crippen LogP contribution in [0.25, 0.3) is 33.5 Å². The minimum absolute atomic E-state index is 0.00495. The van der Waals surface area contributed by atoms with Gasteiger partial charge in [0.25, 0.3) is 11.5 Å². The number of nitrogens with one attached hydrogen (secondary N) is 1. The number of nitrogens with zero attached hydrogens (tertiary/aromatic N) is 4. The smallest absolute Gasteiger partial charge is 0.315 e. The molecule has 0 bridgehead atoms. The Balaban J connectivity index is 1.37. The average molecular weight is 590 g/mol. The molecule has 0 aliphatic carbocycles. The lowest BCUT2D eigenvalue weighted by Crippen LogP contribution is -2.21.